The maximum atomic E-state index is 10.9. The molecule has 6 heteroatoms. The lowest BCUT2D eigenvalue weighted by Crippen LogP contribution is -2.32. The number of β-amino-alcohol motifs (C(OH)–C–C–N with tert-alkyl or cyclic N) is 1. The van der Waals surface area contributed by atoms with Gasteiger partial charge in [-0.3, -0.25) is 4.90 Å². The fourth-order valence-corrected chi connectivity index (χ4v) is 3.18. The summed E-state index contributed by atoms with van der Waals surface area (Å²) >= 11 is 0. The summed E-state index contributed by atoms with van der Waals surface area (Å²) in [5.74, 6) is -0.00748. The second-order valence-corrected chi connectivity index (χ2v) is 7.38. The molecule has 1 fully saturated rings. The molecule has 1 atom stereocenters. The van der Waals surface area contributed by atoms with Crippen molar-refractivity contribution in [2.24, 2.45) is 5.14 Å². The molecule has 20 heavy (non-hydrogen) atoms. The molecular formula is C14H22N2O3S. The molecule has 5 nitrogen and oxygen atoms in total. The summed E-state index contributed by atoms with van der Waals surface area (Å²) in [6.07, 6.45) is 1.17. The van der Waals surface area contributed by atoms with Gasteiger partial charge in [0.05, 0.1) is 5.75 Å². The second-order valence-electron chi connectivity index (χ2n) is 5.64. The Labute approximate surface area is 120 Å². The van der Waals surface area contributed by atoms with E-state index in [1.54, 1.807) is 0 Å². The van der Waals surface area contributed by atoms with Gasteiger partial charge in [-0.2, -0.15) is 0 Å². The summed E-state index contributed by atoms with van der Waals surface area (Å²) in [7, 11) is -3.39. The number of sulfonamides is 1. The van der Waals surface area contributed by atoms with E-state index in [1.807, 2.05) is 31.2 Å². The first kappa shape index (κ1) is 15.4. The number of hydrogen-bond donors (Lipinski definition) is 2. The van der Waals surface area contributed by atoms with Gasteiger partial charge in [-0.25, -0.2) is 13.6 Å². The van der Waals surface area contributed by atoms with E-state index in [4.69, 9.17) is 5.14 Å². The summed E-state index contributed by atoms with van der Waals surface area (Å²) in [4.78, 5) is 2.09. The zero-order valence-electron chi connectivity index (χ0n) is 11.7. The van der Waals surface area contributed by atoms with E-state index < -0.39 is 15.6 Å². The lowest BCUT2D eigenvalue weighted by atomic mass is 9.92. The molecule has 0 saturated carbocycles. The summed E-state index contributed by atoms with van der Waals surface area (Å²) in [6.45, 7) is 3.97. The molecule has 1 aromatic carbocycles. The summed E-state index contributed by atoms with van der Waals surface area (Å²) in [5, 5.41) is 15.7. The molecule has 0 aromatic heterocycles. The average molecular weight is 298 g/mol. The molecule has 112 valence electrons. The molecule has 1 unspecified atom stereocenters. The molecule has 0 spiro atoms. The Morgan fingerprint density at radius 1 is 1.35 bits per heavy atom. The van der Waals surface area contributed by atoms with Crippen molar-refractivity contribution in [3.8, 4) is 0 Å². The minimum atomic E-state index is -3.39. The molecule has 0 aliphatic carbocycles. The van der Waals surface area contributed by atoms with Crippen LogP contribution in [0.3, 0.4) is 0 Å². The summed E-state index contributed by atoms with van der Waals surface area (Å²) in [5.41, 5.74) is 1.27. The highest BCUT2D eigenvalue weighted by atomic mass is 32.2. The van der Waals surface area contributed by atoms with Crippen molar-refractivity contribution in [2.45, 2.75) is 25.4 Å². The fraction of sp³-hybridized carbons (Fsp3) is 0.571. The van der Waals surface area contributed by atoms with E-state index >= 15 is 0 Å². The average Bonchev–Trinajstić information content (AvgIpc) is 2.71. The third-order valence-electron chi connectivity index (χ3n) is 3.82. The second kappa shape index (κ2) is 5.81. The van der Waals surface area contributed by atoms with Gasteiger partial charge in [0.1, 0.15) is 5.60 Å². The van der Waals surface area contributed by atoms with Crippen molar-refractivity contribution in [2.75, 3.05) is 25.4 Å². The Morgan fingerprint density at radius 2 is 2.00 bits per heavy atom. The highest BCUT2D eigenvalue weighted by Gasteiger charge is 2.37. The molecule has 1 heterocycles. The zero-order valence-corrected chi connectivity index (χ0v) is 12.6. The number of likely N-dealkylation sites (tertiary alicyclic amines) is 1. The minimum Gasteiger partial charge on any atom is -0.384 e. The molecule has 3 N–H and O–H groups in total. The largest absolute Gasteiger partial charge is 0.384 e. The number of rotatable bonds is 5. The molecule has 2 rings (SSSR count). The predicted octanol–water partition coefficient (Wildman–Crippen LogP) is 0.567. The van der Waals surface area contributed by atoms with Gasteiger partial charge in [0, 0.05) is 13.1 Å². The molecule has 0 radical (unpaired) electrons. The highest BCUT2D eigenvalue weighted by molar-refractivity contribution is 7.89. The standard InChI is InChI=1S/C14H22N2O3S/c1-12-3-5-13(6-4-12)14(17)7-9-16(11-14)8-2-10-20(15,18)19/h3-6,17H,2,7-11H2,1H3,(H2,15,18,19). The Bertz CT molecular complexity index is 556. The smallest absolute Gasteiger partial charge is 0.209 e. The third kappa shape index (κ3) is 4.02. The van der Waals surface area contributed by atoms with Crippen LogP contribution in [0.4, 0.5) is 0 Å². The zero-order chi connectivity index (χ0) is 14.8. The van der Waals surface area contributed by atoms with Crippen molar-refractivity contribution in [1.82, 2.24) is 4.90 Å². The van der Waals surface area contributed by atoms with Gasteiger partial charge in [-0.15, -0.1) is 0 Å². The summed E-state index contributed by atoms with van der Waals surface area (Å²) < 4.78 is 21.8. The lowest BCUT2D eigenvalue weighted by molar-refractivity contribution is 0.0462. The van der Waals surface area contributed by atoms with E-state index in [2.05, 4.69) is 4.90 Å². The molecule has 0 bridgehead atoms. The third-order valence-corrected chi connectivity index (χ3v) is 4.68. The topological polar surface area (TPSA) is 83.6 Å². The van der Waals surface area contributed by atoms with Crippen LogP contribution in [-0.2, 0) is 15.6 Å². The van der Waals surface area contributed by atoms with Gasteiger partial charge in [0.2, 0.25) is 10.0 Å². The van der Waals surface area contributed by atoms with Gasteiger partial charge in [0.25, 0.3) is 0 Å². The highest BCUT2D eigenvalue weighted by Crippen LogP contribution is 2.31. The van der Waals surface area contributed by atoms with Gasteiger partial charge >= 0.3 is 0 Å². The van der Waals surface area contributed by atoms with Crippen LogP contribution in [0.15, 0.2) is 24.3 Å². The van der Waals surface area contributed by atoms with Gasteiger partial charge in [-0.05, 0) is 31.9 Å². The van der Waals surface area contributed by atoms with Crippen LogP contribution in [0.2, 0.25) is 0 Å². The lowest BCUT2D eigenvalue weighted by Gasteiger charge is -2.24. The molecule has 1 aliphatic heterocycles. The van der Waals surface area contributed by atoms with Crippen molar-refractivity contribution < 1.29 is 13.5 Å². The van der Waals surface area contributed by atoms with E-state index in [-0.39, 0.29) is 5.75 Å². The van der Waals surface area contributed by atoms with E-state index in [0.717, 1.165) is 12.1 Å². The molecule has 1 aromatic rings. The van der Waals surface area contributed by atoms with Crippen LogP contribution in [0.1, 0.15) is 24.0 Å². The van der Waals surface area contributed by atoms with Crippen LogP contribution < -0.4 is 5.14 Å². The van der Waals surface area contributed by atoms with Gasteiger partial charge < -0.3 is 5.11 Å². The monoisotopic (exact) mass is 298 g/mol. The number of benzene rings is 1. The minimum absolute atomic E-state index is 0.00748. The van der Waals surface area contributed by atoms with Crippen molar-refractivity contribution >= 4 is 10.0 Å². The molecule has 1 aliphatic rings. The number of nitrogens with zero attached hydrogens (tertiary/aromatic N) is 1. The van der Waals surface area contributed by atoms with E-state index in [9.17, 15) is 13.5 Å². The van der Waals surface area contributed by atoms with Gasteiger partial charge in [-0.1, -0.05) is 29.8 Å². The van der Waals surface area contributed by atoms with Crippen LogP contribution in [0.25, 0.3) is 0 Å². The first-order valence-electron chi connectivity index (χ1n) is 6.81. The van der Waals surface area contributed by atoms with Gasteiger partial charge in [0.15, 0.2) is 0 Å². The maximum Gasteiger partial charge on any atom is 0.209 e. The predicted molar refractivity (Wildman–Crippen MR) is 78.7 cm³/mol. The number of aryl methyl sites for hydroxylation is 1. The maximum absolute atomic E-state index is 10.9. The SMILES string of the molecule is Cc1ccc(C2(O)CCN(CCCS(N)(=O)=O)C2)cc1. The Balaban J connectivity index is 1.92. The van der Waals surface area contributed by atoms with Crippen LogP contribution in [-0.4, -0.2) is 43.8 Å². The van der Waals surface area contributed by atoms with Crippen LogP contribution >= 0.6 is 0 Å². The molecular weight excluding hydrogens is 276 g/mol. The normalized spacial score (nSPS) is 24.1. The Kier molecular flexibility index (Phi) is 4.49. The Hall–Kier alpha value is -0.950. The number of aliphatic hydroxyl groups is 1. The van der Waals surface area contributed by atoms with Crippen LogP contribution in [0.5, 0.6) is 0 Å². The van der Waals surface area contributed by atoms with E-state index in [0.29, 0.717) is 25.9 Å². The number of hydrogen-bond acceptors (Lipinski definition) is 4. The number of nitrogens with two attached hydrogens (primary N) is 1. The first-order chi connectivity index (χ1) is 9.28. The van der Waals surface area contributed by atoms with Crippen LogP contribution in [0, 0.1) is 6.92 Å². The Morgan fingerprint density at radius 3 is 2.60 bits per heavy atom. The van der Waals surface area contributed by atoms with Crippen molar-refractivity contribution in [3.05, 3.63) is 35.4 Å². The molecule has 1 saturated heterocycles. The van der Waals surface area contributed by atoms with E-state index in [1.165, 1.54) is 5.56 Å². The first-order valence-corrected chi connectivity index (χ1v) is 8.52. The van der Waals surface area contributed by atoms with Crippen molar-refractivity contribution in [3.63, 3.8) is 0 Å². The quantitative estimate of drug-likeness (QED) is 0.832. The summed E-state index contributed by atoms with van der Waals surface area (Å²) in [6, 6.07) is 7.92. The fourth-order valence-electron chi connectivity index (χ4n) is 2.65. The molecule has 0 amide bonds. The number of primary sulfonamides is 1. The van der Waals surface area contributed by atoms with Crippen molar-refractivity contribution in [1.29, 1.82) is 0 Å².